The molecule has 0 saturated carbocycles. The Hall–Kier alpha value is -1.40. The molecule has 0 fully saturated rings. The third kappa shape index (κ3) is 0.531. The van der Waals surface area contributed by atoms with Gasteiger partial charge < -0.3 is 0 Å². The average Bonchev–Trinajstić information content (AvgIpc) is 1.65. The van der Waals surface area contributed by atoms with Crippen LogP contribution in [0.15, 0.2) is 23.3 Å². The van der Waals surface area contributed by atoms with Gasteiger partial charge in [-0.1, -0.05) is 11.8 Å². The Kier molecular flexibility index (Phi) is 0.952. The number of allylic oxidation sites excluding steroid dienone is 4. The molecule has 0 nitrogen and oxygen atoms in total. The van der Waals surface area contributed by atoms with Gasteiger partial charge in [0.2, 0.25) is 0 Å². The van der Waals surface area contributed by atoms with E-state index in [0.717, 1.165) is 11.1 Å². The van der Waals surface area contributed by atoms with Crippen LogP contribution >= 0.6 is 0 Å². The zero-order valence-electron chi connectivity index (χ0n) is 4.31. The average molecular weight is 100 g/mol. The third-order valence-corrected chi connectivity index (χ3v) is 0.955. The first kappa shape index (κ1) is 4.75. The zero-order valence-corrected chi connectivity index (χ0v) is 4.31. The molecule has 0 aromatic rings. The van der Waals surface area contributed by atoms with E-state index in [1.54, 1.807) is 12.2 Å². The van der Waals surface area contributed by atoms with E-state index in [-0.39, 0.29) is 0 Å². The second-order valence-corrected chi connectivity index (χ2v) is 1.49. The van der Waals surface area contributed by atoms with Crippen LogP contribution in [0, 0.1) is 24.7 Å². The van der Waals surface area contributed by atoms with Crippen molar-refractivity contribution in [2.75, 3.05) is 0 Å². The Morgan fingerprint density at radius 2 is 1.38 bits per heavy atom. The topological polar surface area (TPSA) is 0 Å². The van der Waals surface area contributed by atoms with Crippen molar-refractivity contribution in [1.29, 1.82) is 0 Å². The molecule has 0 heteroatoms. The summed E-state index contributed by atoms with van der Waals surface area (Å²) in [5.41, 5.74) is 1.77. The van der Waals surface area contributed by atoms with Gasteiger partial charge in [0.25, 0.3) is 0 Å². The van der Waals surface area contributed by atoms with E-state index >= 15 is 0 Å². The fourth-order valence-electron chi connectivity index (χ4n) is 0.489. The van der Waals surface area contributed by atoms with Crippen molar-refractivity contribution in [3.05, 3.63) is 23.3 Å². The van der Waals surface area contributed by atoms with Crippen LogP contribution in [0.5, 0.6) is 0 Å². The maximum atomic E-state index is 5.02. The van der Waals surface area contributed by atoms with E-state index in [0.29, 0.717) is 0 Å². The predicted octanol–water partition coefficient (Wildman–Crippen LogP) is 1.12. The van der Waals surface area contributed by atoms with Crippen LogP contribution in [0.2, 0.25) is 0 Å². The lowest BCUT2D eigenvalue weighted by Gasteiger charge is -2.01. The van der Waals surface area contributed by atoms with Gasteiger partial charge >= 0.3 is 0 Å². The summed E-state index contributed by atoms with van der Waals surface area (Å²) in [5, 5.41) is 0. The summed E-state index contributed by atoms with van der Waals surface area (Å²) in [6.45, 7) is 0. The molecule has 0 aliphatic heterocycles. The van der Waals surface area contributed by atoms with Gasteiger partial charge in [0.1, 0.15) is 0 Å². The Bertz CT molecular complexity index is 205. The number of hydrogen-bond acceptors (Lipinski definition) is 0. The number of hydrogen-bond donors (Lipinski definition) is 0. The molecule has 0 aromatic heterocycles. The lowest BCUT2D eigenvalue weighted by Crippen LogP contribution is -1.87. The van der Waals surface area contributed by atoms with Gasteiger partial charge in [0, 0.05) is 11.1 Å². The molecule has 1 rings (SSSR count). The van der Waals surface area contributed by atoms with E-state index in [1.165, 1.54) is 0 Å². The van der Waals surface area contributed by atoms with Crippen LogP contribution in [0.3, 0.4) is 0 Å². The van der Waals surface area contributed by atoms with Gasteiger partial charge in [-0.3, -0.25) is 0 Å². The molecule has 0 radical (unpaired) electrons. The van der Waals surface area contributed by atoms with Gasteiger partial charge in [-0.2, -0.15) is 0 Å². The maximum Gasteiger partial charge on any atom is 0.0267 e. The van der Waals surface area contributed by atoms with Crippen LogP contribution in [-0.4, -0.2) is 0 Å². The second-order valence-electron chi connectivity index (χ2n) is 1.49. The highest BCUT2D eigenvalue weighted by atomic mass is 14.0. The third-order valence-electron chi connectivity index (χ3n) is 0.955. The van der Waals surface area contributed by atoms with E-state index in [2.05, 4.69) is 11.8 Å². The highest BCUT2D eigenvalue weighted by Gasteiger charge is 2.00. The summed E-state index contributed by atoms with van der Waals surface area (Å²) >= 11 is 0. The molecule has 8 heavy (non-hydrogen) atoms. The minimum Gasteiger partial charge on any atom is -0.115 e. The highest BCUT2D eigenvalue weighted by Crippen LogP contribution is 2.14. The number of rotatable bonds is 0. The summed E-state index contributed by atoms with van der Waals surface area (Å²) in [5.74, 6) is 4.91. The summed E-state index contributed by atoms with van der Waals surface area (Å²) in [7, 11) is 0. The molecule has 1 aliphatic carbocycles. The molecular formula is C8H4. The van der Waals surface area contributed by atoms with E-state index < -0.39 is 0 Å². The van der Waals surface area contributed by atoms with Gasteiger partial charge in [0.15, 0.2) is 0 Å². The van der Waals surface area contributed by atoms with E-state index in [9.17, 15) is 0 Å². The van der Waals surface area contributed by atoms with Gasteiger partial charge in [-0.25, -0.2) is 0 Å². The number of terminal acetylenes is 2. The molecule has 0 N–H and O–H groups in total. The minimum absolute atomic E-state index is 0.887. The molecule has 0 heterocycles. The summed E-state index contributed by atoms with van der Waals surface area (Å²) in [6, 6.07) is 0. The maximum absolute atomic E-state index is 5.02. The van der Waals surface area contributed by atoms with Crippen molar-refractivity contribution >= 4 is 0 Å². The lowest BCUT2D eigenvalue weighted by molar-refractivity contribution is 1.56. The van der Waals surface area contributed by atoms with Crippen molar-refractivity contribution in [3.63, 3.8) is 0 Å². The fourth-order valence-corrected chi connectivity index (χ4v) is 0.489. The first-order valence-electron chi connectivity index (χ1n) is 2.23. The SMILES string of the molecule is C#CC1=CC(C#C)=C1. The molecule has 1 aliphatic rings. The smallest absolute Gasteiger partial charge is 0.0267 e. The first-order chi connectivity index (χ1) is 3.86. The largest absolute Gasteiger partial charge is 0.115 e. The highest BCUT2D eigenvalue weighted by molar-refractivity contribution is 5.59. The second kappa shape index (κ2) is 1.60. The lowest BCUT2D eigenvalue weighted by atomic mass is 10.0. The van der Waals surface area contributed by atoms with Crippen molar-refractivity contribution in [3.8, 4) is 24.7 Å². The first-order valence-corrected chi connectivity index (χ1v) is 2.23. The van der Waals surface area contributed by atoms with E-state index in [4.69, 9.17) is 12.8 Å². The monoisotopic (exact) mass is 100 g/mol. The van der Waals surface area contributed by atoms with Crippen molar-refractivity contribution < 1.29 is 0 Å². The Balaban J connectivity index is 2.65. The van der Waals surface area contributed by atoms with Crippen LogP contribution in [-0.2, 0) is 0 Å². The van der Waals surface area contributed by atoms with Crippen LogP contribution < -0.4 is 0 Å². The van der Waals surface area contributed by atoms with Gasteiger partial charge in [-0.05, 0) is 12.2 Å². The van der Waals surface area contributed by atoms with Gasteiger partial charge in [0.05, 0.1) is 0 Å². The van der Waals surface area contributed by atoms with Gasteiger partial charge in [-0.15, -0.1) is 12.8 Å². The fraction of sp³-hybridized carbons (Fsp3) is 0. The Morgan fingerprint density at radius 3 is 1.62 bits per heavy atom. The molecule has 0 saturated heterocycles. The molecule has 36 valence electrons. The van der Waals surface area contributed by atoms with Crippen LogP contribution in [0.4, 0.5) is 0 Å². The molecule has 0 atom stereocenters. The molecule has 0 unspecified atom stereocenters. The van der Waals surface area contributed by atoms with Crippen molar-refractivity contribution in [2.45, 2.75) is 0 Å². The predicted molar refractivity (Wildman–Crippen MR) is 33.8 cm³/mol. The Morgan fingerprint density at radius 1 is 1.00 bits per heavy atom. The van der Waals surface area contributed by atoms with E-state index in [1.807, 2.05) is 0 Å². The van der Waals surface area contributed by atoms with Crippen LogP contribution in [0.25, 0.3) is 0 Å². The molecule has 0 aromatic carbocycles. The Labute approximate surface area is 48.9 Å². The summed E-state index contributed by atoms with van der Waals surface area (Å²) < 4.78 is 0. The van der Waals surface area contributed by atoms with Crippen molar-refractivity contribution in [1.82, 2.24) is 0 Å². The molecule has 0 amide bonds. The quantitative estimate of drug-likeness (QED) is 0.400. The minimum atomic E-state index is 0.887. The normalized spacial score (nSPS) is 14.2. The molecular weight excluding hydrogens is 96.1 g/mol. The molecule has 0 bridgehead atoms. The van der Waals surface area contributed by atoms with Crippen molar-refractivity contribution in [2.24, 2.45) is 0 Å². The van der Waals surface area contributed by atoms with Crippen LogP contribution in [0.1, 0.15) is 0 Å². The summed E-state index contributed by atoms with van der Waals surface area (Å²) in [4.78, 5) is 0. The zero-order chi connectivity index (χ0) is 5.98. The molecule has 0 spiro atoms. The standard InChI is InChI=1S/C8H4/c1-3-7-5-8(4-2)6-7/h1-2,5-6H. The summed E-state index contributed by atoms with van der Waals surface area (Å²) in [6.07, 6.45) is 13.6.